The van der Waals surface area contributed by atoms with Crippen LogP contribution in [0, 0.1) is 5.82 Å². The second-order valence-electron chi connectivity index (χ2n) is 6.13. The topological polar surface area (TPSA) is 34.0 Å². The Morgan fingerprint density at radius 3 is 2.23 bits per heavy atom. The molecule has 26 heavy (non-hydrogen) atoms. The van der Waals surface area contributed by atoms with Gasteiger partial charge >= 0.3 is 0 Å². The van der Waals surface area contributed by atoms with E-state index in [1.165, 1.54) is 12.1 Å². The quantitative estimate of drug-likeness (QED) is 0.562. The van der Waals surface area contributed by atoms with E-state index in [0.717, 1.165) is 22.0 Å². The molecule has 0 unspecified atom stereocenters. The number of nitrogens with one attached hydrogen (secondary N) is 1. The highest BCUT2D eigenvalue weighted by Crippen LogP contribution is 2.34. The van der Waals surface area contributed by atoms with Crippen LogP contribution in [0.15, 0.2) is 83.7 Å². The minimum atomic E-state index is -0.315. The number of hydrogen-bond donors (Lipinski definition) is 1. The van der Waals surface area contributed by atoms with Gasteiger partial charge < -0.3 is 9.88 Å². The van der Waals surface area contributed by atoms with E-state index in [2.05, 4.69) is 5.32 Å². The summed E-state index contributed by atoms with van der Waals surface area (Å²) in [6, 6.07) is 23.6. The third kappa shape index (κ3) is 2.75. The largest absolute Gasteiger partial charge is 0.350 e. The maximum absolute atomic E-state index is 13.2. The van der Waals surface area contributed by atoms with Crippen LogP contribution in [-0.4, -0.2) is 4.57 Å². The van der Waals surface area contributed by atoms with Crippen molar-refractivity contribution in [1.82, 2.24) is 4.57 Å². The molecular formula is C22H17FN2O. The first-order valence-corrected chi connectivity index (χ1v) is 8.35. The van der Waals surface area contributed by atoms with Crippen molar-refractivity contribution in [3.05, 3.63) is 95.0 Å². The number of benzene rings is 3. The van der Waals surface area contributed by atoms with Crippen molar-refractivity contribution in [1.29, 1.82) is 0 Å². The van der Waals surface area contributed by atoms with Crippen molar-refractivity contribution in [3.63, 3.8) is 0 Å². The fraction of sp³-hybridized carbons (Fsp3) is 0.0455. The Hall–Kier alpha value is -3.40. The molecule has 0 aliphatic carbocycles. The van der Waals surface area contributed by atoms with E-state index < -0.39 is 0 Å². The highest BCUT2D eigenvalue weighted by Gasteiger charge is 2.16. The molecule has 1 aromatic heterocycles. The summed E-state index contributed by atoms with van der Waals surface area (Å²) >= 11 is 0. The van der Waals surface area contributed by atoms with Gasteiger partial charge in [0.25, 0.3) is 5.56 Å². The molecule has 0 amide bonds. The summed E-state index contributed by atoms with van der Waals surface area (Å²) in [5, 5.41) is 4.18. The van der Waals surface area contributed by atoms with Gasteiger partial charge in [0.1, 0.15) is 11.5 Å². The highest BCUT2D eigenvalue weighted by atomic mass is 19.1. The van der Waals surface area contributed by atoms with Crippen LogP contribution in [0.3, 0.4) is 0 Å². The molecule has 3 nitrogen and oxygen atoms in total. The van der Waals surface area contributed by atoms with Gasteiger partial charge in [0, 0.05) is 23.7 Å². The molecule has 0 saturated carbocycles. The van der Waals surface area contributed by atoms with Gasteiger partial charge in [0.15, 0.2) is 0 Å². The van der Waals surface area contributed by atoms with Gasteiger partial charge in [-0.15, -0.1) is 0 Å². The molecule has 1 N–H and O–H groups in total. The van der Waals surface area contributed by atoms with Gasteiger partial charge in [-0.1, -0.05) is 48.5 Å². The predicted molar refractivity (Wildman–Crippen MR) is 104 cm³/mol. The Morgan fingerprint density at radius 2 is 1.50 bits per heavy atom. The first kappa shape index (κ1) is 16.1. The van der Waals surface area contributed by atoms with Gasteiger partial charge in [-0.05, 0) is 35.9 Å². The van der Waals surface area contributed by atoms with E-state index in [9.17, 15) is 9.18 Å². The summed E-state index contributed by atoms with van der Waals surface area (Å²) in [6.45, 7) is 0. The Bertz CT molecular complexity index is 1130. The molecule has 4 heteroatoms. The van der Waals surface area contributed by atoms with Crippen molar-refractivity contribution in [2.24, 2.45) is 7.05 Å². The van der Waals surface area contributed by atoms with E-state index in [1.54, 1.807) is 23.7 Å². The molecule has 3 aromatic carbocycles. The third-order valence-electron chi connectivity index (χ3n) is 4.48. The average molecular weight is 344 g/mol. The van der Waals surface area contributed by atoms with Gasteiger partial charge in [-0.25, -0.2) is 4.39 Å². The summed E-state index contributed by atoms with van der Waals surface area (Å²) in [5.74, 6) is -0.315. The smallest absolute Gasteiger partial charge is 0.275 e. The number of aryl methyl sites for hydroxylation is 1. The molecular weight excluding hydrogens is 327 g/mol. The van der Waals surface area contributed by atoms with Crippen LogP contribution in [0.25, 0.3) is 22.0 Å². The van der Waals surface area contributed by atoms with Crippen molar-refractivity contribution in [2.75, 3.05) is 5.32 Å². The molecule has 0 bridgehead atoms. The third-order valence-corrected chi connectivity index (χ3v) is 4.48. The van der Waals surface area contributed by atoms with Crippen LogP contribution in [0.4, 0.5) is 15.8 Å². The number of pyridine rings is 1. The van der Waals surface area contributed by atoms with Crippen molar-refractivity contribution in [2.45, 2.75) is 0 Å². The molecule has 0 aliphatic rings. The van der Waals surface area contributed by atoms with Gasteiger partial charge in [0.05, 0.1) is 5.52 Å². The molecule has 0 fully saturated rings. The van der Waals surface area contributed by atoms with Crippen molar-refractivity contribution < 1.29 is 4.39 Å². The number of aromatic nitrogens is 1. The van der Waals surface area contributed by atoms with Gasteiger partial charge in [0.2, 0.25) is 0 Å². The first-order chi connectivity index (χ1) is 12.6. The van der Waals surface area contributed by atoms with Crippen molar-refractivity contribution in [3.8, 4) is 11.1 Å². The van der Waals surface area contributed by atoms with Gasteiger partial charge in [-0.2, -0.15) is 0 Å². The molecule has 0 saturated heterocycles. The molecule has 4 aromatic rings. The maximum atomic E-state index is 13.2. The minimum absolute atomic E-state index is 0.133. The molecule has 4 rings (SSSR count). The number of hydrogen-bond acceptors (Lipinski definition) is 2. The lowest BCUT2D eigenvalue weighted by Crippen LogP contribution is -2.21. The summed E-state index contributed by atoms with van der Waals surface area (Å²) in [4.78, 5) is 13.1. The van der Waals surface area contributed by atoms with Crippen LogP contribution < -0.4 is 10.9 Å². The zero-order valence-corrected chi connectivity index (χ0v) is 14.2. The standard InChI is InChI=1S/C22H17FN2O/c1-25-19-10-6-5-9-18(19)20(15-7-3-2-4-8-15)21(22(25)26)24-17-13-11-16(23)12-14-17/h2-14,24H,1H3. The number of halogens is 1. The van der Waals surface area contributed by atoms with Crippen LogP contribution in [0.5, 0.6) is 0 Å². The lowest BCUT2D eigenvalue weighted by molar-refractivity contribution is 0.628. The molecule has 0 radical (unpaired) electrons. The van der Waals surface area contributed by atoms with Crippen LogP contribution in [0.2, 0.25) is 0 Å². The Kier molecular flexibility index (Phi) is 4.01. The van der Waals surface area contributed by atoms with E-state index >= 15 is 0 Å². The van der Waals surface area contributed by atoms with Crippen LogP contribution >= 0.6 is 0 Å². The van der Waals surface area contributed by atoms with E-state index in [0.29, 0.717) is 11.4 Å². The lowest BCUT2D eigenvalue weighted by Gasteiger charge is -2.17. The fourth-order valence-corrected chi connectivity index (χ4v) is 3.19. The minimum Gasteiger partial charge on any atom is -0.350 e. The SMILES string of the molecule is Cn1c(=O)c(Nc2ccc(F)cc2)c(-c2ccccc2)c2ccccc21. The number of rotatable bonds is 3. The predicted octanol–water partition coefficient (Wildman–Crippen LogP) is 5.09. The van der Waals surface area contributed by atoms with Crippen LogP contribution in [-0.2, 0) is 7.05 Å². The summed E-state index contributed by atoms with van der Waals surface area (Å²) in [5.41, 5.74) is 3.66. The van der Waals surface area contributed by atoms with Crippen LogP contribution in [0.1, 0.15) is 0 Å². The zero-order chi connectivity index (χ0) is 18.1. The monoisotopic (exact) mass is 344 g/mol. The first-order valence-electron chi connectivity index (χ1n) is 8.35. The fourth-order valence-electron chi connectivity index (χ4n) is 3.19. The van der Waals surface area contributed by atoms with E-state index in [1.807, 2.05) is 54.6 Å². The summed E-state index contributed by atoms with van der Waals surface area (Å²) in [7, 11) is 1.76. The summed E-state index contributed by atoms with van der Waals surface area (Å²) < 4.78 is 14.9. The normalized spacial score (nSPS) is 10.8. The zero-order valence-electron chi connectivity index (χ0n) is 14.2. The molecule has 1 heterocycles. The number of nitrogens with zero attached hydrogens (tertiary/aromatic N) is 1. The molecule has 0 atom stereocenters. The number of anilines is 2. The number of para-hydroxylation sites is 1. The second-order valence-corrected chi connectivity index (χ2v) is 6.13. The van der Waals surface area contributed by atoms with E-state index in [-0.39, 0.29) is 11.4 Å². The maximum Gasteiger partial charge on any atom is 0.275 e. The lowest BCUT2D eigenvalue weighted by atomic mass is 9.99. The number of fused-ring (bicyclic) bond motifs is 1. The molecule has 128 valence electrons. The van der Waals surface area contributed by atoms with Crippen molar-refractivity contribution >= 4 is 22.3 Å². The Balaban J connectivity index is 2.03. The molecule has 0 aliphatic heterocycles. The Morgan fingerprint density at radius 1 is 0.846 bits per heavy atom. The average Bonchev–Trinajstić information content (AvgIpc) is 2.68. The highest BCUT2D eigenvalue weighted by molar-refractivity contribution is 6.01. The summed E-state index contributed by atoms with van der Waals surface area (Å²) in [6.07, 6.45) is 0. The van der Waals surface area contributed by atoms with Gasteiger partial charge in [-0.3, -0.25) is 4.79 Å². The molecule has 0 spiro atoms. The van der Waals surface area contributed by atoms with E-state index in [4.69, 9.17) is 0 Å². The second kappa shape index (κ2) is 6.48. The Labute approximate surface area is 150 Å².